The zero-order valence-electron chi connectivity index (χ0n) is 10.1. The predicted molar refractivity (Wildman–Crippen MR) is 71.3 cm³/mol. The Morgan fingerprint density at radius 2 is 2.28 bits per heavy atom. The van der Waals surface area contributed by atoms with Crippen LogP contribution in [0.2, 0.25) is 0 Å². The molecule has 1 aliphatic carbocycles. The minimum Gasteiger partial charge on any atom is -0.336 e. The molecule has 1 aromatic heterocycles. The topological polar surface area (TPSA) is 33.2 Å². The lowest BCUT2D eigenvalue weighted by Crippen LogP contribution is -2.44. The standard InChI is InChI=1S/C13H16BrFN2O/c14-5-2-6-17(12-3-1-4-12)13(18)10-7-11(15)9-16-8-10/h7-9,12H,1-6H2. The van der Waals surface area contributed by atoms with E-state index in [9.17, 15) is 9.18 Å². The maximum atomic E-state index is 13.1. The van der Waals surface area contributed by atoms with E-state index in [1.54, 1.807) is 0 Å². The highest BCUT2D eigenvalue weighted by Crippen LogP contribution is 2.26. The third kappa shape index (κ3) is 3.07. The van der Waals surface area contributed by atoms with Gasteiger partial charge in [0.2, 0.25) is 0 Å². The summed E-state index contributed by atoms with van der Waals surface area (Å²) in [7, 11) is 0. The van der Waals surface area contributed by atoms with Crippen LogP contribution in [-0.4, -0.2) is 33.7 Å². The Kier molecular flexibility index (Phi) is 4.69. The van der Waals surface area contributed by atoms with Gasteiger partial charge in [0.25, 0.3) is 5.91 Å². The first kappa shape index (κ1) is 13.5. The molecule has 1 fully saturated rings. The minimum atomic E-state index is -0.463. The van der Waals surface area contributed by atoms with Crippen LogP contribution in [0.15, 0.2) is 18.5 Å². The van der Waals surface area contributed by atoms with Crippen LogP contribution in [0.1, 0.15) is 36.0 Å². The third-order valence-corrected chi connectivity index (χ3v) is 3.82. The number of carbonyl (C=O) groups is 1. The lowest BCUT2D eigenvalue weighted by molar-refractivity contribution is 0.0580. The van der Waals surface area contributed by atoms with Crippen LogP contribution in [0.25, 0.3) is 0 Å². The summed E-state index contributed by atoms with van der Waals surface area (Å²) in [6.45, 7) is 0.714. The largest absolute Gasteiger partial charge is 0.336 e. The molecule has 3 nitrogen and oxygen atoms in total. The van der Waals surface area contributed by atoms with Crippen LogP contribution in [0.5, 0.6) is 0 Å². The second-order valence-electron chi connectivity index (χ2n) is 4.52. The van der Waals surface area contributed by atoms with Gasteiger partial charge in [0.15, 0.2) is 0 Å². The van der Waals surface area contributed by atoms with Crippen molar-refractivity contribution in [3.63, 3.8) is 0 Å². The molecule has 18 heavy (non-hydrogen) atoms. The molecule has 0 bridgehead atoms. The predicted octanol–water partition coefficient (Wildman–Crippen LogP) is 3.00. The fraction of sp³-hybridized carbons (Fsp3) is 0.538. The molecule has 98 valence electrons. The molecule has 0 atom stereocenters. The van der Waals surface area contributed by atoms with Gasteiger partial charge in [-0.1, -0.05) is 15.9 Å². The van der Waals surface area contributed by atoms with E-state index < -0.39 is 5.82 Å². The number of nitrogens with zero attached hydrogens (tertiary/aromatic N) is 2. The number of hydrogen-bond donors (Lipinski definition) is 0. The SMILES string of the molecule is O=C(c1cncc(F)c1)N(CCCBr)C1CCC1. The molecule has 0 spiro atoms. The van der Waals surface area contributed by atoms with Crippen molar-refractivity contribution in [2.24, 2.45) is 0 Å². The molecule has 0 radical (unpaired) electrons. The first-order valence-corrected chi connectivity index (χ1v) is 7.32. The molecule has 0 aliphatic heterocycles. The number of carbonyl (C=O) groups excluding carboxylic acids is 1. The monoisotopic (exact) mass is 314 g/mol. The molecule has 1 amide bonds. The normalized spacial score (nSPS) is 15.2. The molecule has 0 unspecified atom stereocenters. The summed E-state index contributed by atoms with van der Waals surface area (Å²) in [6, 6.07) is 1.58. The smallest absolute Gasteiger partial charge is 0.255 e. The van der Waals surface area contributed by atoms with Gasteiger partial charge >= 0.3 is 0 Å². The van der Waals surface area contributed by atoms with Crippen molar-refractivity contribution < 1.29 is 9.18 Å². The Bertz CT molecular complexity index is 423. The summed E-state index contributed by atoms with van der Waals surface area (Å²) in [6.07, 6.45) is 6.73. The molecule has 0 N–H and O–H groups in total. The summed E-state index contributed by atoms with van der Waals surface area (Å²) < 4.78 is 13.1. The Morgan fingerprint density at radius 3 is 2.83 bits per heavy atom. The first-order chi connectivity index (χ1) is 8.72. The first-order valence-electron chi connectivity index (χ1n) is 6.20. The molecule has 2 rings (SSSR count). The van der Waals surface area contributed by atoms with Gasteiger partial charge in [-0.25, -0.2) is 4.39 Å². The molecule has 1 saturated carbocycles. The summed E-state index contributed by atoms with van der Waals surface area (Å²) >= 11 is 3.37. The zero-order valence-corrected chi connectivity index (χ0v) is 11.7. The van der Waals surface area contributed by atoms with Crippen LogP contribution in [-0.2, 0) is 0 Å². The average Bonchev–Trinajstić information content (AvgIpc) is 2.31. The van der Waals surface area contributed by atoms with Gasteiger partial charge in [-0.2, -0.15) is 0 Å². The quantitative estimate of drug-likeness (QED) is 0.783. The fourth-order valence-corrected chi connectivity index (χ4v) is 2.32. The number of alkyl halides is 1. The molecule has 0 saturated heterocycles. The lowest BCUT2D eigenvalue weighted by Gasteiger charge is -2.37. The second kappa shape index (κ2) is 6.27. The van der Waals surface area contributed by atoms with Crippen molar-refractivity contribution in [3.05, 3.63) is 29.8 Å². The van der Waals surface area contributed by atoms with Crippen molar-refractivity contribution >= 4 is 21.8 Å². The van der Waals surface area contributed by atoms with E-state index in [1.807, 2.05) is 4.90 Å². The Morgan fingerprint density at radius 1 is 1.50 bits per heavy atom. The van der Waals surface area contributed by atoms with Gasteiger partial charge in [0.05, 0.1) is 11.8 Å². The van der Waals surface area contributed by atoms with Gasteiger partial charge in [-0.3, -0.25) is 9.78 Å². The average molecular weight is 315 g/mol. The fourth-order valence-electron chi connectivity index (χ4n) is 2.07. The number of pyridine rings is 1. The van der Waals surface area contributed by atoms with Crippen LogP contribution >= 0.6 is 15.9 Å². The number of rotatable bonds is 5. The summed E-state index contributed by atoms with van der Waals surface area (Å²) in [4.78, 5) is 17.9. The molecule has 1 aromatic rings. The Hall–Kier alpha value is -0.970. The van der Waals surface area contributed by atoms with Gasteiger partial charge in [-0.05, 0) is 31.7 Å². The second-order valence-corrected chi connectivity index (χ2v) is 5.31. The van der Waals surface area contributed by atoms with Crippen LogP contribution in [0.4, 0.5) is 4.39 Å². The van der Waals surface area contributed by atoms with E-state index in [1.165, 1.54) is 18.7 Å². The third-order valence-electron chi connectivity index (χ3n) is 3.26. The van der Waals surface area contributed by atoms with Crippen LogP contribution in [0, 0.1) is 5.82 Å². The maximum absolute atomic E-state index is 13.1. The number of amides is 1. The highest BCUT2D eigenvalue weighted by molar-refractivity contribution is 9.09. The van der Waals surface area contributed by atoms with E-state index in [0.29, 0.717) is 18.2 Å². The van der Waals surface area contributed by atoms with Crippen molar-refractivity contribution in [2.45, 2.75) is 31.7 Å². The van der Waals surface area contributed by atoms with E-state index in [0.717, 1.165) is 30.8 Å². The molecule has 1 heterocycles. The Balaban J connectivity index is 2.11. The van der Waals surface area contributed by atoms with Crippen LogP contribution in [0.3, 0.4) is 0 Å². The zero-order chi connectivity index (χ0) is 13.0. The number of hydrogen-bond acceptors (Lipinski definition) is 2. The van der Waals surface area contributed by atoms with E-state index in [4.69, 9.17) is 0 Å². The molecular weight excluding hydrogens is 299 g/mol. The summed E-state index contributed by atoms with van der Waals surface area (Å²) in [5.41, 5.74) is 0.344. The highest BCUT2D eigenvalue weighted by Gasteiger charge is 2.29. The van der Waals surface area contributed by atoms with Crippen LogP contribution < -0.4 is 0 Å². The molecular formula is C13H16BrFN2O. The molecule has 0 aromatic carbocycles. The maximum Gasteiger partial charge on any atom is 0.255 e. The van der Waals surface area contributed by atoms with Gasteiger partial charge in [0, 0.05) is 24.1 Å². The highest BCUT2D eigenvalue weighted by atomic mass is 79.9. The number of aromatic nitrogens is 1. The van der Waals surface area contributed by atoms with Crippen molar-refractivity contribution in [2.75, 3.05) is 11.9 Å². The number of halogens is 2. The van der Waals surface area contributed by atoms with Crippen molar-refractivity contribution in [1.29, 1.82) is 0 Å². The Labute approximate surface area is 115 Å². The van der Waals surface area contributed by atoms with Crippen molar-refractivity contribution in [3.8, 4) is 0 Å². The van der Waals surface area contributed by atoms with E-state index in [-0.39, 0.29) is 5.91 Å². The van der Waals surface area contributed by atoms with E-state index >= 15 is 0 Å². The molecule has 5 heteroatoms. The van der Waals surface area contributed by atoms with Crippen molar-refractivity contribution in [1.82, 2.24) is 9.88 Å². The van der Waals surface area contributed by atoms with Gasteiger partial charge < -0.3 is 4.90 Å². The van der Waals surface area contributed by atoms with Gasteiger partial charge in [-0.15, -0.1) is 0 Å². The summed E-state index contributed by atoms with van der Waals surface area (Å²) in [5, 5.41) is 0.866. The van der Waals surface area contributed by atoms with Gasteiger partial charge in [0.1, 0.15) is 5.82 Å². The van der Waals surface area contributed by atoms with E-state index in [2.05, 4.69) is 20.9 Å². The lowest BCUT2D eigenvalue weighted by atomic mass is 9.91. The molecule has 1 aliphatic rings. The minimum absolute atomic E-state index is 0.104. The summed E-state index contributed by atoms with van der Waals surface area (Å²) in [5.74, 6) is -0.567.